The molecule has 5 nitrogen and oxygen atoms in total. The average Bonchev–Trinajstić information content (AvgIpc) is 2.82. The number of carboxylic acid groups (broad SMARTS) is 1. The first-order valence-electron chi connectivity index (χ1n) is 5.61. The van der Waals surface area contributed by atoms with E-state index in [1.165, 1.54) is 6.07 Å². The van der Waals surface area contributed by atoms with Gasteiger partial charge in [0, 0.05) is 5.02 Å². The molecule has 19 heavy (non-hydrogen) atoms. The second kappa shape index (κ2) is 5.77. The van der Waals surface area contributed by atoms with Gasteiger partial charge in [0.15, 0.2) is 6.10 Å². The summed E-state index contributed by atoms with van der Waals surface area (Å²) in [5.74, 6) is -1.47. The second-order valence-electron chi connectivity index (χ2n) is 4.14. The van der Waals surface area contributed by atoms with Crippen LogP contribution in [0.1, 0.15) is 12.8 Å². The Bertz CT molecular complexity index is 520. The Morgan fingerprint density at radius 3 is 2.53 bits per heavy atom. The summed E-state index contributed by atoms with van der Waals surface area (Å²) in [6, 6.07) is 4.68. The molecule has 1 aromatic rings. The minimum Gasteiger partial charge on any atom is -0.479 e. The van der Waals surface area contributed by atoms with Crippen molar-refractivity contribution in [2.75, 3.05) is 5.32 Å². The molecule has 0 saturated carbocycles. The maximum absolute atomic E-state index is 11.9. The number of nitrogens with one attached hydrogen (secondary N) is 1. The van der Waals surface area contributed by atoms with E-state index in [4.69, 9.17) is 33.0 Å². The number of amides is 1. The van der Waals surface area contributed by atoms with Gasteiger partial charge in [-0.05, 0) is 31.0 Å². The van der Waals surface area contributed by atoms with Gasteiger partial charge in [0.05, 0.1) is 10.7 Å². The van der Waals surface area contributed by atoms with Crippen LogP contribution in [0.5, 0.6) is 0 Å². The molecule has 102 valence electrons. The van der Waals surface area contributed by atoms with E-state index in [9.17, 15) is 9.59 Å². The second-order valence-corrected chi connectivity index (χ2v) is 4.99. The van der Waals surface area contributed by atoms with Crippen LogP contribution in [0.15, 0.2) is 18.2 Å². The van der Waals surface area contributed by atoms with Crippen LogP contribution in [0.3, 0.4) is 0 Å². The predicted octanol–water partition coefficient (Wildman–Crippen LogP) is 2.56. The lowest BCUT2D eigenvalue weighted by Crippen LogP contribution is -2.30. The molecule has 7 heteroatoms. The van der Waals surface area contributed by atoms with Crippen LogP contribution in [0.2, 0.25) is 10.0 Å². The average molecular weight is 304 g/mol. The number of carbonyl (C=O) groups is 2. The molecule has 1 fully saturated rings. The van der Waals surface area contributed by atoms with E-state index in [1.807, 2.05) is 0 Å². The zero-order chi connectivity index (χ0) is 14.0. The molecule has 0 aromatic heterocycles. The van der Waals surface area contributed by atoms with Crippen LogP contribution in [0.25, 0.3) is 0 Å². The highest BCUT2D eigenvalue weighted by molar-refractivity contribution is 6.36. The Hall–Kier alpha value is -1.30. The molecule has 0 bridgehead atoms. The van der Waals surface area contributed by atoms with Crippen molar-refractivity contribution >= 4 is 40.8 Å². The third kappa shape index (κ3) is 3.37. The van der Waals surface area contributed by atoms with Gasteiger partial charge in [0.2, 0.25) is 0 Å². The van der Waals surface area contributed by atoms with Gasteiger partial charge in [-0.25, -0.2) is 4.79 Å². The number of aliphatic carboxylic acids is 1. The molecule has 0 spiro atoms. The van der Waals surface area contributed by atoms with Crippen molar-refractivity contribution in [1.82, 2.24) is 0 Å². The normalized spacial score (nSPS) is 22.2. The zero-order valence-corrected chi connectivity index (χ0v) is 11.2. The maximum Gasteiger partial charge on any atom is 0.332 e. The minimum absolute atomic E-state index is 0.314. The van der Waals surface area contributed by atoms with Gasteiger partial charge in [-0.2, -0.15) is 0 Å². The lowest BCUT2D eigenvalue weighted by Gasteiger charge is -2.12. The Kier molecular flexibility index (Phi) is 4.29. The molecule has 1 aliphatic rings. The van der Waals surface area contributed by atoms with Crippen LogP contribution in [-0.2, 0) is 14.3 Å². The summed E-state index contributed by atoms with van der Waals surface area (Å²) >= 11 is 11.7. The van der Waals surface area contributed by atoms with Crippen LogP contribution in [0.4, 0.5) is 5.69 Å². The molecule has 1 heterocycles. The highest BCUT2D eigenvalue weighted by atomic mass is 35.5. The first kappa shape index (κ1) is 14.1. The summed E-state index contributed by atoms with van der Waals surface area (Å²) in [5, 5.41) is 12.2. The van der Waals surface area contributed by atoms with Crippen LogP contribution >= 0.6 is 23.2 Å². The van der Waals surface area contributed by atoms with E-state index < -0.39 is 24.1 Å². The quantitative estimate of drug-likeness (QED) is 0.900. The molecule has 1 aromatic carbocycles. The van der Waals surface area contributed by atoms with Crippen molar-refractivity contribution in [3.8, 4) is 0 Å². The summed E-state index contributed by atoms with van der Waals surface area (Å²) in [7, 11) is 0. The number of carbonyl (C=O) groups excluding carboxylic acids is 1. The van der Waals surface area contributed by atoms with Crippen molar-refractivity contribution in [3.05, 3.63) is 28.2 Å². The molecule has 2 atom stereocenters. The molecule has 1 saturated heterocycles. The van der Waals surface area contributed by atoms with Gasteiger partial charge in [0.25, 0.3) is 5.91 Å². The third-order valence-electron chi connectivity index (χ3n) is 2.78. The fraction of sp³-hybridized carbons (Fsp3) is 0.333. The van der Waals surface area contributed by atoms with Gasteiger partial charge in [-0.15, -0.1) is 0 Å². The number of halogens is 2. The van der Waals surface area contributed by atoms with Gasteiger partial charge in [-0.3, -0.25) is 4.79 Å². The van der Waals surface area contributed by atoms with E-state index >= 15 is 0 Å². The number of anilines is 1. The first-order chi connectivity index (χ1) is 8.97. The van der Waals surface area contributed by atoms with Gasteiger partial charge in [-0.1, -0.05) is 23.2 Å². The summed E-state index contributed by atoms with van der Waals surface area (Å²) in [6.45, 7) is 0. The van der Waals surface area contributed by atoms with E-state index in [2.05, 4.69) is 5.32 Å². The lowest BCUT2D eigenvalue weighted by molar-refractivity contribution is -0.150. The smallest absolute Gasteiger partial charge is 0.332 e. The fourth-order valence-electron chi connectivity index (χ4n) is 1.82. The van der Waals surface area contributed by atoms with Gasteiger partial charge in [0.1, 0.15) is 6.10 Å². The SMILES string of the molecule is O=C(Nc1ccc(Cl)cc1Cl)[C@@H]1CC[C@H](C(=O)O)O1. The monoisotopic (exact) mass is 303 g/mol. The van der Waals surface area contributed by atoms with Crippen molar-refractivity contribution in [2.45, 2.75) is 25.0 Å². The van der Waals surface area contributed by atoms with Crippen LogP contribution in [-0.4, -0.2) is 29.2 Å². The number of benzene rings is 1. The molecule has 0 aliphatic carbocycles. The van der Waals surface area contributed by atoms with Crippen LogP contribution < -0.4 is 5.32 Å². The van der Waals surface area contributed by atoms with Crippen molar-refractivity contribution in [3.63, 3.8) is 0 Å². The van der Waals surface area contributed by atoms with E-state index in [0.717, 1.165) is 0 Å². The Morgan fingerprint density at radius 2 is 1.95 bits per heavy atom. The minimum atomic E-state index is -1.06. The Labute approximate surface area is 119 Å². The molecule has 2 rings (SSSR count). The zero-order valence-electron chi connectivity index (χ0n) is 9.73. The molecule has 2 N–H and O–H groups in total. The summed E-state index contributed by atoms with van der Waals surface area (Å²) in [5.41, 5.74) is 0.415. The lowest BCUT2D eigenvalue weighted by atomic mass is 10.2. The van der Waals surface area contributed by atoms with E-state index in [0.29, 0.717) is 28.6 Å². The molecule has 1 amide bonds. The topological polar surface area (TPSA) is 75.6 Å². The summed E-state index contributed by atoms with van der Waals surface area (Å²) in [4.78, 5) is 22.6. The highest BCUT2D eigenvalue weighted by Crippen LogP contribution is 2.27. The number of ether oxygens (including phenoxy) is 1. The summed E-state index contributed by atoms with van der Waals surface area (Å²) in [6.07, 6.45) is -1.00. The standard InChI is InChI=1S/C12H11Cl2NO4/c13-6-1-2-8(7(14)5-6)15-11(16)9-3-4-10(19-9)12(17)18/h1-2,5,9-10H,3-4H2,(H,15,16)(H,17,18)/t9-,10+/m0/s1. The van der Waals surface area contributed by atoms with Crippen LogP contribution in [0, 0.1) is 0 Å². The van der Waals surface area contributed by atoms with E-state index in [-0.39, 0.29) is 0 Å². The highest BCUT2D eigenvalue weighted by Gasteiger charge is 2.34. The predicted molar refractivity (Wildman–Crippen MR) is 70.6 cm³/mol. The number of hydrogen-bond donors (Lipinski definition) is 2. The molecular formula is C12H11Cl2NO4. The molecule has 1 aliphatic heterocycles. The Balaban J connectivity index is 2.00. The fourth-order valence-corrected chi connectivity index (χ4v) is 2.27. The molecular weight excluding hydrogens is 293 g/mol. The third-order valence-corrected chi connectivity index (χ3v) is 3.32. The molecule has 0 radical (unpaired) electrons. The Morgan fingerprint density at radius 1 is 1.26 bits per heavy atom. The van der Waals surface area contributed by atoms with Crippen molar-refractivity contribution < 1.29 is 19.4 Å². The van der Waals surface area contributed by atoms with Gasteiger partial charge < -0.3 is 15.2 Å². The number of hydrogen-bond acceptors (Lipinski definition) is 3. The maximum atomic E-state index is 11.9. The first-order valence-corrected chi connectivity index (χ1v) is 6.37. The molecule has 0 unspecified atom stereocenters. The summed E-state index contributed by atoms with van der Waals surface area (Å²) < 4.78 is 5.14. The van der Waals surface area contributed by atoms with Crippen molar-refractivity contribution in [2.24, 2.45) is 0 Å². The number of carboxylic acids is 1. The van der Waals surface area contributed by atoms with Crippen molar-refractivity contribution in [1.29, 1.82) is 0 Å². The van der Waals surface area contributed by atoms with Gasteiger partial charge >= 0.3 is 5.97 Å². The van der Waals surface area contributed by atoms with E-state index in [1.54, 1.807) is 12.1 Å². The number of rotatable bonds is 3. The largest absolute Gasteiger partial charge is 0.479 e.